The van der Waals surface area contributed by atoms with E-state index in [1.165, 1.54) is 38.9 Å². The first kappa shape index (κ1) is 36.5. The van der Waals surface area contributed by atoms with Crippen LogP contribution in [0.4, 0.5) is 17.1 Å². The summed E-state index contributed by atoms with van der Waals surface area (Å²) in [7, 11) is 0. The molecule has 0 bridgehead atoms. The van der Waals surface area contributed by atoms with E-state index in [9.17, 15) is 0 Å². The second-order valence-electron chi connectivity index (χ2n) is 16.0. The fourth-order valence-corrected chi connectivity index (χ4v) is 9.46. The van der Waals surface area contributed by atoms with Gasteiger partial charge in [-0.15, -0.1) is 0 Å². The molecule has 3 nitrogen and oxygen atoms in total. The van der Waals surface area contributed by atoms with Crippen LogP contribution in [-0.2, 0) is 0 Å². The number of fused-ring (bicyclic) bond motifs is 6. The highest BCUT2D eigenvalue weighted by molar-refractivity contribution is 6.14. The van der Waals surface area contributed by atoms with Crippen LogP contribution in [0.3, 0.4) is 0 Å². The highest BCUT2D eigenvalue weighted by atomic mass is 16.3. The van der Waals surface area contributed by atoms with Crippen molar-refractivity contribution in [2.24, 2.45) is 0 Å². The van der Waals surface area contributed by atoms with Crippen molar-refractivity contribution in [1.29, 1.82) is 0 Å². The number of hydrogen-bond acceptors (Lipinski definition) is 3. The summed E-state index contributed by atoms with van der Waals surface area (Å²) in [6, 6.07) is 84.1. The largest absolute Gasteiger partial charge is 0.456 e. The quantitative estimate of drug-likeness (QED) is 0.153. The number of benzene rings is 10. The van der Waals surface area contributed by atoms with Crippen molar-refractivity contribution in [3.8, 4) is 55.6 Å². The van der Waals surface area contributed by atoms with Gasteiger partial charge in [0.1, 0.15) is 22.3 Å². The Morgan fingerprint density at radius 1 is 0.270 bits per heavy atom. The van der Waals surface area contributed by atoms with Crippen molar-refractivity contribution >= 4 is 60.9 Å². The van der Waals surface area contributed by atoms with E-state index in [4.69, 9.17) is 8.83 Å². The van der Waals surface area contributed by atoms with Crippen molar-refractivity contribution in [3.05, 3.63) is 237 Å². The number of nitrogens with zero attached hydrogens (tertiary/aromatic N) is 1. The van der Waals surface area contributed by atoms with E-state index < -0.39 is 0 Å². The van der Waals surface area contributed by atoms with Crippen LogP contribution in [0.25, 0.3) is 99.5 Å². The van der Waals surface area contributed by atoms with Gasteiger partial charge in [-0.05, 0) is 98.6 Å². The van der Waals surface area contributed by atoms with Crippen molar-refractivity contribution in [2.45, 2.75) is 0 Å². The summed E-state index contributed by atoms with van der Waals surface area (Å²) in [6.07, 6.45) is 0. The zero-order valence-corrected chi connectivity index (χ0v) is 34.3. The van der Waals surface area contributed by atoms with Crippen LogP contribution in [0.15, 0.2) is 245 Å². The van der Waals surface area contributed by atoms with E-state index in [0.29, 0.717) is 0 Å². The first-order chi connectivity index (χ1) is 31.3. The number of anilines is 3. The number of rotatable bonds is 8. The van der Waals surface area contributed by atoms with Crippen LogP contribution in [-0.4, -0.2) is 0 Å². The first-order valence-electron chi connectivity index (χ1n) is 21.4. The van der Waals surface area contributed by atoms with E-state index in [-0.39, 0.29) is 0 Å². The maximum Gasteiger partial charge on any atom is 0.143 e. The molecular formula is C60H39NO2. The summed E-state index contributed by atoms with van der Waals surface area (Å²) in [5.41, 5.74) is 18.2. The van der Waals surface area contributed by atoms with Gasteiger partial charge in [0.2, 0.25) is 0 Å². The standard InChI is InChI=1S/C60H39NO2/c1-2-17-40(18-3-1)45-21-4-6-23-48(45)50-25-8-9-26-51(50)49-24-7-5-22-46(49)41-35-37-43(38-36-41)61(55-31-16-34-58-59(55)54-28-11-13-33-57(54)62-58)44-20-14-19-42(39-44)47-29-15-30-53-52-27-10-12-32-56(52)63-60(47)53/h1-39H. The van der Waals surface area contributed by atoms with Crippen LogP contribution < -0.4 is 4.90 Å². The van der Waals surface area contributed by atoms with Crippen LogP contribution in [0.1, 0.15) is 0 Å². The summed E-state index contributed by atoms with van der Waals surface area (Å²) < 4.78 is 13.0. The molecule has 0 fully saturated rings. The molecule has 3 heteroatoms. The molecule has 12 rings (SSSR count). The molecule has 12 aromatic rings. The molecule has 2 heterocycles. The fourth-order valence-electron chi connectivity index (χ4n) is 9.46. The fraction of sp³-hybridized carbons (Fsp3) is 0. The number of furan rings is 2. The minimum Gasteiger partial charge on any atom is -0.456 e. The highest BCUT2D eigenvalue weighted by Gasteiger charge is 2.22. The maximum absolute atomic E-state index is 6.53. The van der Waals surface area contributed by atoms with Crippen molar-refractivity contribution in [1.82, 2.24) is 0 Å². The molecule has 0 N–H and O–H groups in total. The zero-order chi connectivity index (χ0) is 41.7. The summed E-state index contributed by atoms with van der Waals surface area (Å²) in [4.78, 5) is 2.36. The lowest BCUT2D eigenvalue weighted by Crippen LogP contribution is -2.10. The third kappa shape index (κ3) is 6.29. The Kier molecular flexibility index (Phi) is 8.83. The summed E-state index contributed by atoms with van der Waals surface area (Å²) in [6.45, 7) is 0. The molecule has 0 radical (unpaired) electrons. The first-order valence-corrected chi connectivity index (χ1v) is 21.4. The van der Waals surface area contributed by atoms with Gasteiger partial charge in [0.05, 0.1) is 11.1 Å². The Balaban J connectivity index is 0.999. The summed E-state index contributed by atoms with van der Waals surface area (Å²) in [5, 5.41) is 4.38. The Morgan fingerprint density at radius 2 is 0.746 bits per heavy atom. The molecule has 63 heavy (non-hydrogen) atoms. The zero-order valence-electron chi connectivity index (χ0n) is 34.3. The van der Waals surface area contributed by atoms with Crippen molar-refractivity contribution in [3.63, 3.8) is 0 Å². The van der Waals surface area contributed by atoms with Gasteiger partial charge in [0.25, 0.3) is 0 Å². The molecule has 0 saturated carbocycles. The third-order valence-corrected chi connectivity index (χ3v) is 12.3. The molecule has 296 valence electrons. The van der Waals surface area contributed by atoms with E-state index in [1.807, 2.05) is 24.3 Å². The van der Waals surface area contributed by atoms with Gasteiger partial charge in [0.15, 0.2) is 0 Å². The SMILES string of the molecule is c1ccc(-c2ccccc2-c2ccccc2-c2ccccc2-c2ccc(N(c3cccc(-c4cccc5c4oc4ccccc45)c3)c3cccc4oc5ccccc5c34)cc2)cc1. The van der Waals surface area contributed by atoms with E-state index >= 15 is 0 Å². The Bertz CT molecular complexity index is 3630. The van der Waals surface area contributed by atoms with Gasteiger partial charge >= 0.3 is 0 Å². The van der Waals surface area contributed by atoms with Gasteiger partial charge in [-0.25, -0.2) is 0 Å². The lowest BCUT2D eigenvalue weighted by atomic mass is 9.87. The molecule has 0 aliphatic rings. The smallest absolute Gasteiger partial charge is 0.143 e. The van der Waals surface area contributed by atoms with E-state index in [1.54, 1.807) is 0 Å². The molecule has 0 aliphatic carbocycles. The van der Waals surface area contributed by atoms with E-state index in [2.05, 4.69) is 217 Å². The van der Waals surface area contributed by atoms with Crippen LogP contribution in [0.2, 0.25) is 0 Å². The van der Waals surface area contributed by atoms with Crippen LogP contribution >= 0.6 is 0 Å². The summed E-state index contributed by atoms with van der Waals surface area (Å²) >= 11 is 0. The molecular weight excluding hydrogens is 767 g/mol. The van der Waals surface area contributed by atoms with Gasteiger partial charge in [-0.2, -0.15) is 0 Å². The molecule has 10 aromatic carbocycles. The van der Waals surface area contributed by atoms with Crippen molar-refractivity contribution < 1.29 is 8.83 Å². The van der Waals surface area contributed by atoms with Gasteiger partial charge in [0, 0.05) is 33.1 Å². The highest BCUT2D eigenvalue weighted by Crippen LogP contribution is 2.46. The third-order valence-electron chi connectivity index (χ3n) is 12.3. The number of para-hydroxylation sites is 3. The van der Waals surface area contributed by atoms with E-state index in [0.717, 1.165) is 77.6 Å². The molecule has 0 atom stereocenters. The lowest BCUT2D eigenvalue weighted by molar-refractivity contribution is 0.669. The number of hydrogen-bond donors (Lipinski definition) is 0. The van der Waals surface area contributed by atoms with Gasteiger partial charge in [-0.3, -0.25) is 0 Å². The minimum atomic E-state index is 0.847. The maximum atomic E-state index is 6.53. The normalized spacial score (nSPS) is 11.5. The molecule has 0 unspecified atom stereocenters. The second kappa shape index (κ2) is 15.3. The molecule has 0 spiro atoms. The Labute approximate surface area is 365 Å². The predicted molar refractivity (Wildman–Crippen MR) is 263 cm³/mol. The van der Waals surface area contributed by atoms with Crippen LogP contribution in [0, 0.1) is 0 Å². The molecule has 0 saturated heterocycles. The van der Waals surface area contributed by atoms with Crippen molar-refractivity contribution in [2.75, 3.05) is 4.90 Å². The lowest BCUT2D eigenvalue weighted by Gasteiger charge is -2.27. The van der Waals surface area contributed by atoms with Crippen LogP contribution in [0.5, 0.6) is 0 Å². The minimum absolute atomic E-state index is 0.847. The van der Waals surface area contributed by atoms with Gasteiger partial charge in [-0.1, -0.05) is 188 Å². The second-order valence-corrected chi connectivity index (χ2v) is 16.0. The average molecular weight is 806 g/mol. The van der Waals surface area contributed by atoms with Gasteiger partial charge < -0.3 is 13.7 Å². The topological polar surface area (TPSA) is 29.5 Å². The summed E-state index contributed by atoms with van der Waals surface area (Å²) in [5.74, 6) is 0. The predicted octanol–water partition coefficient (Wildman–Crippen LogP) is 17.3. The molecule has 0 aliphatic heterocycles. The molecule has 2 aromatic heterocycles. The monoisotopic (exact) mass is 805 g/mol. The average Bonchev–Trinajstić information content (AvgIpc) is 3.94. The Morgan fingerprint density at radius 3 is 1.44 bits per heavy atom. The Hall–Kier alpha value is -8.40. The molecule has 0 amide bonds.